The minimum atomic E-state index is -0.395. The molecule has 0 saturated heterocycles. The fourth-order valence-electron chi connectivity index (χ4n) is 1.30. The Labute approximate surface area is 113 Å². The highest BCUT2D eigenvalue weighted by Crippen LogP contribution is 2.28. The average molecular weight is 284 g/mol. The van der Waals surface area contributed by atoms with E-state index in [9.17, 15) is 4.79 Å². The van der Waals surface area contributed by atoms with Crippen LogP contribution in [0.1, 0.15) is 16.6 Å². The lowest BCUT2D eigenvalue weighted by atomic mass is 10.3. The number of aromatic nitrogens is 2. The van der Waals surface area contributed by atoms with Crippen LogP contribution in [-0.2, 0) is 9.47 Å². The highest BCUT2D eigenvalue weighted by molar-refractivity contribution is 7.14. The summed E-state index contributed by atoms with van der Waals surface area (Å²) < 4.78 is 14.0. The van der Waals surface area contributed by atoms with E-state index in [1.807, 2.05) is 24.4 Å². The zero-order valence-corrected chi connectivity index (χ0v) is 11.4. The smallest absolute Gasteiger partial charge is 0.352 e. The first-order valence-corrected chi connectivity index (χ1v) is 7.09. The predicted molar refractivity (Wildman–Crippen MR) is 70.0 cm³/mol. The second kappa shape index (κ2) is 6.58. The normalized spacial score (nSPS) is 10.5. The van der Waals surface area contributed by atoms with Gasteiger partial charge in [0.1, 0.15) is 12.3 Å². The van der Waals surface area contributed by atoms with Crippen molar-refractivity contribution in [3.8, 4) is 10.6 Å². The van der Waals surface area contributed by atoms with Crippen LogP contribution >= 0.6 is 22.9 Å². The van der Waals surface area contributed by atoms with Gasteiger partial charge in [0.05, 0.1) is 11.5 Å². The molecule has 0 saturated carbocycles. The summed E-state index contributed by atoms with van der Waals surface area (Å²) in [4.78, 5) is 13.2. The molecule has 96 valence electrons. The number of hydrogen-bond acceptors (Lipinski definition) is 7. The summed E-state index contributed by atoms with van der Waals surface area (Å²) in [5, 5.41) is 5.90. The van der Waals surface area contributed by atoms with Crippen LogP contribution in [0.25, 0.3) is 10.6 Å². The molecule has 0 aliphatic carbocycles. The third-order valence-electron chi connectivity index (χ3n) is 2.09. The number of nitrogens with zero attached hydrogens (tertiary/aromatic N) is 2. The van der Waals surface area contributed by atoms with Gasteiger partial charge in [0.25, 0.3) is 0 Å². The predicted octanol–water partition coefficient (Wildman–Crippen LogP) is 2.46. The maximum absolute atomic E-state index is 11.8. The third kappa shape index (κ3) is 3.12. The molecule has 0 amide bonds. The Morgan fingerprint density at radius 2 is 2.33 bits per heavy atom. The molecule has 0 fully saturated rings. The van der Waals surface area contributed by atoms with Gasteiger partial charge in [-0.05, 0) is 29.9 Å². The molecule has 0 unspecified atom stereocenters. The Hall–Kier alpha value is -1.31. The van der Waals surface area contributed by atoms with Crippen LogP contribution in [0.3, 0.4) is 0 Å². The van der Waals surface area contributed by atoms with Crippen LogP contribution in [0.5, 0.6) is 0 Å². The van der Waals surface area contributed by atoms with Crippen LogP contribution in [0, 0.1) is 0 Å². The molecule has 2 aromatic rings. The molecule has 2 aromatic heterocycles. The molecular formula is C11H12N2O3S2. The monoisotopic (exact) mass is 284 g/mol. The van der Waals surface area contributed by atoms with Crippen LogP contribution < -0.4 is 0 Å². The molecule has 18 heavy (non-hydrogen) atoms. The first kappa shape index (κ1) is 13.1. The summed E-state index contributed by atoms with van der Waals surface area (Å²) in [5.74, 6) is -0.395. The maximum Gasteiger partial charge on any atom is 0.352 e. The summed E-state index contributed by atoms with van der Waals surface area (Å²) in [7, 11) is 0. The first-order valence-electron chi connectivity index (χ1n) is 5.44. The number of rotatable bonds is 6. The largest absolute Gasteiger partial charge is 0.459 e. The second-order valence-electron chi connectivity index (χ2n) is 3.26. The summed E-state index contributed by atoms with van der Waals surface area (Å²) in [6.45, 7) is 3.15. The zero-order valence-electron chi connectivity index (χ0n) is 9.79. The first-order chi connectivity index (χ1) is 8.83. The van der Waals surface area contributed by atoms with E-state index in [-0.39, 0.29) is 6.61 Å². The number of esters is 1. The Morgan fingerprint density at radius 1 is 1.44 bits per heavy atom. The van der Waals surface area contributed by atoms with E-state index in [0.717, 1.165) is 16.4 Å². The molecule has 0 atom stereocenters. The van der Waals surface area contributed by atoms with Gasteiger partial charge in [0, 0.05) is 6.61 Å². The van der Waals surface area contributed by atoms with E-state index in [0.29, 0.717) is 23.8 Å². The van der Waals surface area contributed by atoms with Gasteiger partial charge in [-0.3, -0.25) is 0 Å². The van der Waals surface area contributed by atoms with Gasteiger partial charge in [-0.25, -0.2) is 4.79 Å². The van der Waals surface area contributed by atoms with Crippen molar-refractivity contribution in [1.82, 2.24) is 9.59 Å². The standard InChI is InChI=1S/C11H12N2O3S2/c1-2-15-5-6-16-11(14)10-9(12-13-18-10)8-4-3-7-17-8/h3-4,7H,2,5-6H2,1H3. The van der Waals surface area contributed by atoms with Gasteiger partial charge in [-0.2, -0.15) is 0 Å². The summed E-state index contributed by atoms with van der Waals surface area (Å²) in [5.41, 5.74) is 0.594. The lowest BCUT2D eigenvalue weighted by Crippen LogP contribution is -2.10. The lowest BCUT2D eigenvalue weighted by molar-refractivity contribution is 0.0341. The van der Waals surface area contributed by atoms with Crippen molar-refractivity contribution in [2.75, 3.05) is 19.8 Å². The Morgan fingerprint density at radius 3 is 3.06 bits per heavy atom. The van der Waals surface area contributed by atoms with E-state index in [1.165, 1.54) is 11.3 Å². The Bertz CT molecular complexity index is 496. The van der Waals surface area contributed by atoms with Gasteiger partial charge >= 0.3 is 5.97 Å². The molecular weight excluding hydrogens is 272 g/mol. The van der Waals surface area contributed by atoms with Gasteiger partial charge in [0.2, 0.25) is 0 Å². The number of ether oxygens (including phenoxy) is 2. The van der Waals surface area contributed by atoms with E-state index in [2.05, 4.69) is 9.59 Å². The van der Waals surface area contributed by atoms with E-state index in [4.69, 9.17) is 9.47 Å². The van der Waals surface area contributed by atoms with Crippen molar-refractivity contribution in [1.29, 1.82) is 0 Å². The minimum absolute atomic E-state index is 0.244. The molecule has 2 rings (SSSR count). The molecule has 7 heteroatoms. The van der Waals surface area contributed by atoms with Crippen molar-refractivity contribution >= 4 is 28.8 Å². The van der Waals surface area contributed by atoms with Crippen molar-refractivity contribution in [3.05, 3.63) is 22.4 Å². The van der Waals surface area contributed by atoms with Crippen LogP contribution in [0.4, 0.5) is 0 Å². The fraction of sp³-hybridized carbons (Fsp3) is 0.364. The number of carbonyl (C=O) groups is 1. The Balaban J connectivity index is 2.01. The van der Waals surface area contributed by atoms with Crippen molar-refractivity contribution in [3.63, 3.8) is 0 Å². The molecule has 0 aromatic carbocycles. The summed E-state index contributed by atoms with van der Waals surface area (Å²) >= 11 is 2.57. The zero-order chi connectivity index (χ0) is 12.8. The number of hydrogen-bond donors (Lipinski definition) is 0. The molecule has 0 radical (unpaired) electrons. The molecule has 0 N–H and O–H groups in total. The van der Waals surface area contributed by atoms with Crippen molar-refractivity contribution < 1.29 is 14.3 Å². The van der Waals surface area contributed by atoms with Gasteiger partial charge < -0.3 is 9.47 Å². The van der Waals surface area contributed by atoms with Gasteiger partial charge in [-0.1, -0.05) is 10.6 Å². The molecule has 0 bridgehead atoms. The van der Waals surface area contributed by atoms with E-state index >= 15 is 0 Å². The summed E-state index contributed by atoms with van der Waals surface area (Å²) in [6, 6.07) is 3.81. The quantitative estimate of drug-likeness (QED) is 0.602. The average Bonchev–Trinajstić information content (AvgIpc) is 3.02. The molecule has 0 aliphatic heterocycles. The number of carbonyl (C=O) groups excluding carboxylic acids is 1. The maximum atomic E-state index is 11.8. The van der Waals surface area contributed by atoms with Gasteiger partial charge in [0.15, 0.2) is 4.88 Å². The molecule has 2 heterocycles. The van der Waals surface area contributed by atoms with Crippen LogP contribution in [0.2, 0.25) is 0 Å². The number of thiophene rings is 1. The van der Waals surface area contributed by atoms with Crippen LogP contribution in [0.15, 0.2) is 17.5 Å². The topological polar surface area (TPSA) is 61.3 Å². The fourth-order valence-corrected chi connectivity index (χ4v) is 2.66. The SMILES string of the molecule is CCOCCOC(=O)c1snnc1-c1cccs1. The lowest BCUT2D eigenvalue weighted by Gasteiger charge is -2.03. The van der Waals surface area contributed by atoms with E-state index < -0.39 is 5.97 Å². The highest BCUT2D eigenvalue weighted by atomic mass is 32.1. The minimum Gasteiger partial charge on any atom is -0.459 e. The highest BCUT2D eigenvalue weighted by Gasteiger charge is 2.19. The molecule has 5 nitrogen and oxygen atoms in total. The molecule has 0 aliphatic rings. The molecule has 0 spiro atoms. The second-order valence-corrected chi connectivity index (χ2v) is 4.96. The Kier molecular flexibility index (Phi) is 4.80. The summed E-state index contributed by atoms with van der Waals surface area (Å²) in [6.07, 6.45) is 0. The van der Waals surface area contributed by atoms with E-state index in [1.54, 1.807) is 0 Å². The van der Waals surface area contributed by atoms with Crippen molar-refractivity contribution in [2.45, 2.75) is 6.92 Å². The van der Waals surface area contributed by atoms with Crippen molar-refractivity contribution in [2.24, 2.45) is 0 Å². The van der Waals surface area contributed by atoms with Crippen LogP contribution in [-0.4, -0.2) is 35.4 Å². The van der Waals surface area contributed by atoms with Gasteiger partial charge in [-0.15, -0.1) is 16.4 Å². The third-order valence-corrected chi connectivity index (χ3v) is 3.68.